The van der Waals surface area contributed by atoms with E-state index in [4.69, 9.17) is 4.74 Å². The summed E-state index contributed by atoms with van der Waals surface area (Å²) in [4.78, 5) is 6.45. The molecule has 0 atom stereocenters. The molecule has 0 saturated heterocycles. The van der Waals surface area contributed by atoms with E-state index < -0.39 is 0 Å². The van der Waals surface area contributed by atoms with Crippen molar-refractivity contribution < 1.29 is 4.74 Å². The highest BCUT2D eigenvalue weighted by Gasteiger charge is 2.17. The standard InChI is InChI=1S/C11H16N2O/c1-9(2)13-6-3-7-14-11-8-12-5-4-10(11)13/h4-5,8-9H,3,6-7H2,1-2H3. The molecule has 0 saturated carbocycles. The van der Waals surface area contributed by atoms with Crippen LogP contribution in [0.25, 0.3) is 0 Å². The molecule has 1 aliphatic heterocycles. The number of nitrogens with zero attached hydrogens (tertiary/aromatic N) is 2. The smallest absolute Gasteiger partial charge is 0.160 e. The van der Waals surface area contributed by atoms with Gasteiger partial charge in [0.1, 0.15) is 0 Å². The second-order valence-electron chi connectivity index (χ2n) is 3.83. The molecule has 1 aliphatic rings. The number of anilines is 1. The van der Waals surface area contributed by atoms with E-state index in [-0.39, 0.29) is 0 Å². The molecule has 0 aromatic carbocycles. The van der Waals surface area contributed by atoms with E-state index in [1.54, 1.807) is 6.20 Å². The van der Waals surface area contributed by atoms with Crippen molar-refractivity contribution in [1.82, 2.24) is 4.98 Å². The van der Waals surface area contributed by atoms with E-state index in [0.717, 1.165) is 25.3 Å². The van der Waals surface area contributed by atoms with E-state index in [2.05, 4.69) is 23.7 Å². The van der Waals surface area contributed by atoms with Gasteiger partial charge in [-0.15, -0.1) is 0 Å². The minimum absolute atomic E-state index is 0.512. The van der Waals surface area contributed by atoms with Crippen LogP contribution in [0.15, 0.2) is 18.5 Å². The molecule has 1 aromatic heterocycles. The summed E-state index contributed by atoms with van der Waals surface area (Å²) in [5, 5.41) is 0. The summed E-state index contributed by atoms with van der Waals surface area (Å²) in [7, 11) is 0. The molecule has 0 fully saturated rings. The molecule has 3 heteroatoms. The largest absolute Gasteiger partial charge is 0.490 e. The molecule has 0 N–H and O–H groups in total. The second kappa shape index (κ2) is 3.86. The molecule has 0 aliphatic carbocycles. The van der Waals surface area contributed by atoms with Gasteiger partial charge in [0.25, 0.3) is 0 Å². The van der Waals surface area contributed by atoms with Crippen molar-refractivity contribution in [2.24, 2.45) is 0 Å². The van der Waals surface area contributed by atoms with E-state index in [1.165, 1.54) is 5.69 Å². The molecule has 76 valence electrons. The monoisotopic (exact) mass is 192 g/mol. The van der Waals surface area contributed by atoms with Gasteiger partial charge in [0.05, 0.1) is 18.5 Å². The Morgan fingerprint density at radius 2 is 2.36 bits per heavy atom. The van der Waals surface area contributed by atoms with Crippen molar-refractivity contribution in [3.05, 3.63) is 18.5 Å². The molecule has 3 nitrogen and oxygen atoms in total. The van der Waals surface area contributed by atoms with Crippen molar-refractivity contribution in [1.29, 1.82) is 0 Å². The Balaban J connectivity index is 2.37. The maximum atomic E-state index is 5.62. The van der Waals surface area contributed by atoms with Crippen LogP contribution in [0.1, 0.15) is 20.3 Å². The quantitative estimate of drug-likeness (QED) is 0.681. The molecule has 2 rings (SSSR count). The summed E-state index contributed by atoms with van der Waals surface area (Å²) in [5.41, 5.74) is 1.17. The number of hydrogen-bond donors (Lipinski definition) is 0. The fourth-order valence-corrected chi connectivity index (χ4v) is 1.79. The number of aromatic nitrogens is 1. The van der Waals surface area contributed by atoms with Gasteiger partial charge in [-0.05, 0) is 26.3 Å². The van der Waals surface area contributed by atoms with Crippen LogP contribution in [0, 0.1) is 0 Å². The normalized spacial score (nSPS) is 16.1. The van der Waals surface area contributed by atoms with Crippen LogP contribution in [-0.4, -0.2) is 24.2 Å². The Morgan fingerprint density at radius 1 is 1.50 bits per heavy atom. The van der Waals surface area contributed by atoms with Gasteiger partial charge in [-0.2, -0.15) is 0 Å². The molecule has 0 bridgehead atoms. The molecule has 14 heavy (non-hydrogen) atoms. The van der Waals surface area contributed by atoms with Gasteiger partial charge in [0.2, 0.25) is 0 Å². The summed E-state index contributed by atoms with van der Waals surface area (Å²) in [6.45, 7) is 6.27. The number of rotatable bonds is 1. The lowest BCUT2D eigenvalue weighted by Gasteiger charge is -2.27. The van der Waals surface area contributed by atoms with Crippen LogP contribution in [-0.2, 0) is 0 Å². The minimum Gasteiger partial charge on any atom is -0.490 e. The highest BCUT2D eigenvalue weighted by atomic mass is 16.5. The van der Waals surface area contributed by atoms with Gasteiger partial charge in [0.15, 0.2) is 5.75 Å². The first-order valence-corrected chi connectivity index (χ1v) is 5.12. The average Bonchev–Trinajstić information content (AvgIpc) is 2.39. The Labute approximate surface area is 84.7 Å². The lowest BCUT2D eigenvalue weighted by molar-refractivity contribution is 0.321. The van der Waals surface area contributed by atoms with Crippen molar-refractivity contribution in [3.8, 4) is 5.75 Å². The summed E-state index contributed by atoms with van der Waals surface area (Å²) >= 11 is 0. The molecular formula is C11H16N2O. The summed E-state index contributed by atoms with van der Waals surface area (Å²) < 4.78 is 5.62. The zero-order valence-electron chi connectivity index (χ0n) is 8.73. The lowest BCUT2D eigenvalue weighted by Crippen LogP contribution is -2.31. The van der Waals surface area contributed by atoms with Crippen molar-refractivity contribution in [2.75, 3.05) is 18.1 Å². The molecule has 2 heterocycles. The van der Waals surface area contributed by atoms with Crippen molar-refractivity contribution >= 4 is 5.69 Å². The topological polar surface area (TPSA) is 25.4 Å². The third-order valence-electron chi connectivity index (χ3n) is 2.50. The van der Waals surface area contributed by atoms with E-state index in [9.17, 15) is 0 Å². The van der Waals surface area contributed by atoms with Gasteiger partial charge in [-0.3, -0.25) is 4.98 Å². The maximum absolute atomic E-state index is 5.62. The fraction of sp³-hybridized carbons (Fsp3) is 0.545. The van der Waals surface area contributed by atoms with Crippen molar-refractivity contribution in [2.45, 2.75) is 26.3 Å². The second-order valence-corrected chi connectivity index (χ2v) is 3.83. The Kier molecular flexibility index (Phi) is 2.57. The Bertz CT molecular complexity index is 312. The summed E-state index contributed by atoms with van der Waals surface area (Å²) in [6, 6.07) is 2.54. The first kappa shape index (κ1) is 9.31. The van der Waals surface area contributed by atoms with Crippen LogP contribution < -0.4 is 9.64 Å². The minimum atomic E-state index is 0.512. The number of pyridine rings is 1. The van der Waals surface area contributed by atoms with Crippen LogP contribution in [0.4, 0.5) is 5.69 Å². The van der Waals surface area contributed by atoms with Gasteiger partial charge < -0.3 is 9.64 Å². The third kappa shape index (κ3) is 1.67. The SMILES string of the molecule is CC(C)N1CCCOc2cnccc21. The highest BCUT2D eigenvalue weighted by Crippen LogP contribution is 2.30. The number of hydrogen-bond acceptors (Lipinski definition) is 3. The van der Waals surface area contributed by atoms with Gasteiger partial charge in [-0.25, -0.2) is 0 Å². The van der Waals surface area contributed by atoms with Crippen LogP contribution in [0.5, 0.6) is 5.75 Å². The van der Waals surface area contributed by atoms with E-state index >= 15 is 0 Å². The van der Waals surface area contributed by atoms with Crippen LogP contribution in [0.3, 0.4) is 0 Å². The number of ether oxygens (including phenoxy) is 1. The van der Waals surface area contributed by atoms with E-state index in [1.807, 2.05) is 12.3 Å². The fourth-order valence-electron chi connectivity index (χ4n) is 1.79. The Morgan fingerprint density at radius 3 is 3.14 bits per heavy atom. The molecule has 1 aromatic rings. The van der Waals surface area contributed by atoms with Gasteiger partial charge in [-0.1, -0.05) is 0 Å². The third-order valence-corrected chi connectivity index (χ3v) is 2.50. The highest BCUT2D eigenvalue weighted by molar-refractivity contribution is 5.58. The molecule has 0 spiro atoms. The number of fused-ring (bicyclic) bond motifs is 1. The molecule has 0 unspecified atom stereocenters. The first-order chi connectivity index (χ1) is 6.79. The zero-order valence-corrected chi connectivity index (χ0v) is 8.73. The van der Waals surface area contributed by atoms with Crippen LogP contribution in [0.2, 0.25) is 0 Å². The Hall–Kier alpha value is -1.25. The summed E-state index contributed by atoms with van der Waals surface area (Å²) in [5.74, 6) is 0.915. The predicted molar refractivity (Wildman–Crippen MR) is 56.8 cm³/mol. The zero-order chi connectivity index (χ0) is 9.97. The van der Waals surface area contributed by atoms with Gasteiger partial charge >= 0.3 is 0 Å². The van der Waals surface area contributed by atoms with E-state index in [0.29, 0.717) is 6.04 Å². The molecular weight excluding hydrogens is 176 g/mol. The van der Waals surface area contributed by atoms with Crippen molar-refractivity contribution in [3.63, 3.8) is 0 Å². The average molecular weight is 192 g/mol. The molecule has 0 radical (unpaired) electrons. The van der Waals surface area contributed by atoms with Crippen LogP contribution >= 0.6 is 0 Å². The molecule has 0 amide bonds. The first-order valence-electron chi connectivity index (χ1n) is 5.12. The summed E-state index contributed by atoms with van der Waals surface area (Å²) in [6.07, 6.45) is 4.70. The lowest BCUT2D eigenvalue weighted by atomic mass is 10.2. The predicted octanol–water partition coefficient (Wildman–Crippen LogP) is 2.08. The van der Waals surface area contributed by atoms with Gasteiger partial charge in [0, 0.05) is 18.8 Å². The maximum Gasteiger partial charge on any atom is 0.160 e.